The summed E-state index contributed by atoms with van der Waals surface area (Å²) in [6, 6.07) is 8.07. The smallest absolute Gasteiger partial charge is 0.319 e. The number of nitrogens with zero attached hydrogens (tertiary/aromatic N) is 5. The summed E-state index contributed by atoms with van der Waals surface area (Å²) in [5.74, 6) is 0.332. The van der Waals surface area contributed by atoms with Crippen LogP contribution in [-0.2, 0) is 24.2 Å². The predicted molar refractivity (Wildman–Crippen MR) is 150 cm³/mol. The number of rotatable bonds is 11. The molecule has 0 saturated carbocycles. The first-order valence-electron chi connectivity index (χ1n) is 11.7. The van der Waals surface area contributed by atoms with Gasteiger partial charge in [-0.1, -0.05) is 36.4 Å². The van der Waals surface area contributed by atoms with E-state index in [1.807, 2.05) is 49.0 Å². The molecule has 0 bridgehead atoms. The van der Waals surface area contributed by atoms with Gasteiger partial charge in [0.05, 0.1) is 17.9 Å². The number of anilines is 1. The van der Waals surface area contributed by atoms with Crippen LogP contribution in [0.15, 0.2) is 57.1 Å². The summed E-state index contributed by atoms with van der Waals surface area (Å²) < 4.78 is 5.57. The number of thiazole rings is 1. The zero-order valence-electron chi connectivity index (χ0n) is 21.2. The molecule has 0 spiro atoms. The molecular formula is C26H30ClN5O3S2. The van der Waals surface area contributed by atoms with Gasteiger partial charge in [0.2, 0.25) is 11.8 Å². The molecule has 0 aliphatic heterocycles. The highest BCUT2D eigenvalue weighted by Crippen LogP contribution is 2.34. The van der Waals surface area contributed by atoms with E-state index in [2.05, 4.69) is 31.8 Å². The third-order valence-electron chi connectivity index (χ3n) is 5.61. The molecule has 11 heteroatoms. The Hall–Kier alpha value is -2.95. The van der Waals surface area contributed by atoms with Crippen LogP contribution < -0.4 is 4.90 Å². The number of hydrogen-bond acceptors (Lipinski definition) is 9. The summed E-state index contributed by atoms with van der Waals surface area (Å²) in [5, 5.41) is 11.4. The standard InChI is InChI=1S/C26H29N5O3S2.ClH/c1-5-18-12-27-24(28-13-18)31(11-10-20-16-35-25(30-20)36-26(3,4)23(32)33)14-21-15-34-22(29-21)19-8-6-17(2)7-9-19;/h6-9,12-13,15-16H,5,10-11,14H2,1-4H3,(H,32,33);1H. The molecule has 0 atom stereocenters. The maximum atomic E-state index is 11.5. The van der Waals surface area contributed by atoms with Crippen LogP contribution in [0.5, 0.6) is 0 Å². The Morgan fingerprint density at radius 2 is 1.84 bits per heavy atom. The third kappa shape index (κ3) is 7.53. The van der Waals surface area contributed by atoms with E-state index < -0.39 is 10.7 Å². The molecule has 8 nitrogen and oxygen atoms in total. The Morgan fingerprint density at radius 1 is 1.14 bits per heavy atom. The molecule has 4 aromatic rings. The van der Waals surface area contributed by atoms with Gasteiger partial charge in [0, 0.05) is 36.3 Å². The van der Waals surface area contributed by atoms with E-state index in [1.165, 1.54) is 28.7 Å². The van der Waals surface area contributed by atoms with Crippen LogP contribution in [0.4, 0.5) is 5.95 Å². The van der Waals surface area contributed by atoms with Crippen molar-refractivity contribution >= 4 is 47.4 Å². The van der Waals surface area contributed by atoms with Crippen LogP contribution in [0.25, 0.3) is 11.5 Å². The number of benzene rings is 1. The van der Waals surface area contributed by atoms with Crippen molar-refractivity contribution in [2.24, 2.45) is 0 Å². The highest BCUT2D eigenvalue weighted by Gasteiger charge is 2.29. The molecule has 4 rings (SSSR count). The summed E-state index contributed by atoms with van der Waals surface area (Å²) in [5.41, 5.74) is 4.87. The minimum absolute atomic E-state index is 0. The molecule has 0 saturated heterocycles. The molecule has 196 valence electrons. The van der Waals surface area contributed by atoms with Gasteiger partial charge in [0.25, 0.3) is 0 Å². The van der Waals surface area contributed by atoms with Gasteiger partial charge in [-0.05, 0) is 44.9 Å². The second kappa shape index (κ2) is 12.5. The number of carboxylic acid groups (broad SMARTS) is 1. The van der Waals surface area contributed by atoms with Crippen molar-refractivity contribution in [1.82, 2.24) is 19.9 Å². The van der Waals surface area contributed by atoms with Gasteiger partial charge in [-0.15, -0.1) is 23.7 Å². The van der Waals surface area contributed by atoms with Crippen molar-refractivity contribution < 1.29 is 14.3 Å². The van der Waals surface area contributed by atoms with Crippen molar-refractivity contribution in [3.8, 4) is 11.5 Å². The number of carboxylic acids is 1. The molecular weight excluding hydrogens is 530 g/mol. The summed E-state index contributed by atoms with van der Waals surface area (Å²) >= 11 is 2.72. The lowest BCUT2D eigenvalue weighted by molar-refractivity contribution is -0.138. The van der Waals surface area contributed by atoms with E-state index in [9.17, 15) is 9.90 Å². The number of oxazole rings is 1. The van der Waals surface area contributed by atoms with E-state index in [4.69, 9.17) is 4.42 Å². The minimum atomic E-state index is -0.932. The largest absolute Gasteiger partial charge is 0.480 e. The number of hydrogen-bond donors (Lipinski definition) is 1. The van der Waals surface area contributed by atoms with Gasteiger partial charge in [-0.2, -0.15) is 0 Å². The maximum absolute atomic E-state index is 11.5. The highest BCUT2D eigenvalue weighted by atomic mass is 35.5. The number of aryl methyl sites for hydroxylation is 2. The second-order valence-corrected chi connectivity index (χ2v) is 11.7. The van der Waals surface area contributed by atoms with E-state index in [-0.39, 0.29) is 12.4 Å². The molecule has 0 aliphatic rings. The van der Waals surface area contributed by atoms with Crippen molar-refractivity contribution in [2.75, 3.05) is 11.4 Å². The maximum Gasteiger partial charge on any atom is 0.319 e. The molecule has 0 radical (unpaired) electrons. The van der Waals surface area contributed by atoms with Crippen molar-refractivity contribution in [3.63, 3.8) is 0 Å². The lowest BCUT2D eigenvalue weighted by Crippen LogP contribution is -2.27. The van der Waals surface area contributed by atoms with Crippen molar-refractivity contribution in [3.05, 3.63) is 70.8 Å². The van der Waals surface area contributed by atoms with Gasteiger partial charge >= 0.3 is 5.97 Å². The monoisotopic (exact) mass is 559 g/mol. The molecule has 0 amide bonds. The second-order valence-electron chi connectivity index (χ2n) is 8.95. The average Bonchev–Trinajstić information content (AvgIpc) is 3.51. The first-order chi connectivity index (χ1) is 17.2. The number of aliphatic carboxylic acids is 1. The van der Waals surface area contributed by atoms with Gasteiger partial charge in [-0.3, -0.25) is 4.79 Å². The Bertz CT molecular complexity index is 1310. The first-order valence-corrected chi connectivity index (χ1v) is 13.4. The summed E-state index contributed by atoms with van der Waals surface area (Å²) in [4.78, 5) is 32.0. The first kappa shape index (κ1) is 28.6. The topological polar surface area (TPSA) is 105 Å². The van der Waals surface area contributed by atoms with E-state index >= 15 is 0 Å². The normalized spacial score (nSPS) is 11.2. The van der Waals surface area contributed by atoms with Gasteiger partial charge in [0.15, 0.2) is 4.34 Å². The number of carbonyl (C=O) groups is 1. The van der Waals surface area contributed by atoms with Crippen molar-refractivity contribution in [2.45, 2.75) is 56.2 Å². The zero-order chi connectivity index (χ0) is 25.7. The lowest BCUT2D eigenvalue weighted by atomic mass is 10.1. The number of aromatic nitrogens is 4. The van der Waals surface area contributed by atoms with Crippen LogP contribution in [0.2, 0.25) is 0 Å². The van der Waals surface area contributed by atoms with Gasteiger partial charge in [0.1, 0.15) is 11.0 Å². The summed E-state index contributed by atoms with van der Waals surface area (Å²) in [6.07, 6.45) is 6.90. The minimum Gasteiger partial charge on any atom is -0.480 e. The summed E-state index contributed by atoms with van der Waals surface area (Å²) in [6.45, 7) is 8.59. The molecule has 37 heavy (non-hydrogen) atoms. The molecule has 1 N–H and O–H groups in total. The van der Waals surface area contributed by atoms with E-state index in [1.54, 1.807) is 20.1 Å². The Morgan fingerprint density at radius 3 is 2.49 bits per heavy atom. The summed E-state index contributed by atoms with van der Waals surface area (Å²) in [7, 11) is 0. The highest BCUT2D eigenvalue weighted by molar-refractivity contribution is 8.03. The average molecular weight is 560 g/mol. The fourth-order valence-electron chi connectivity index (χ4n) is 3.31. The fraction of sp³-hybridized carbons (Fsp3) is 0.346. The molecule has 1 aromatic carbocycles. The number of halogens is 1. The van der Waals surface area contributed by atoms with Crippen LogP contribution in [-0.4, -0.2) is 42.3 Å². The third-order valence-corrected chi connectivity index (χ3v) is 7.78. The number of thioether (sulfide) groups is 1. The Labute approximate surface area is 231 Å². The van der Waals surface area contributed by atoms with Crippen LogP contribution in [0.1, 0.15) is 43.3 Å². The Kier molecular flexibility index (Phi) is 9.69. The van der Waals surface area contributed by atoms with Crippen LogP contribution in [0, 0.1) is 6.92 Å². The fourth-order valence-corrected chi connectivity index (χ4v) is 5.53. The molecule has 3 heterocycles. The molecule has 0 unspecified atom stereocenters. The van der Waals surface area contributed by atoms with E-state index in [0.717, 1.165) is 33.3 Å². The van der Waals surface area contributed by atoms with Crippen LogP contribution in [0.3, 0.4) is 0 Å². The van der Waals surface area contributed by atoms with Gasteiger partial charge in [-0.25, -0.2) is 19.9 Å². The van der Waals surface area contributed by atoms with E-state index in [0.29, 0.717) is 31.3 Å². The van der Waals surface area contributed by atoms with Gasteiger partial charge < -0.3 is 14.4 Å². The Balaban J connectivity index is 0.00000380. The molecule has 3 aromatic heterocycles. The lowest BCUT2D eigenvalue weighted by Gasteiger charge is -2.21. The SMILES string of the molecule is CCc1cnc(N(CCc2csc(SC(C)(C)C(=O)O)n2)Cc2coc(-c3ccc(C)cc3)n2)nc1.Cl. The zero-order valence-corrected chi connectivity index (χ0v) is 23.6. The molecule has 0 fully saturated rings. The van der Waals surface area contributed by atoms with Crippen LogP contribution >= 0.6 is 35.5 Å². The quantitative estimate of drug-likeness (QED) is 0.219. The molecule has 0 aliphatic carbocycles. The van der Waals surface area contributed by atoms with Crippen molar-refractivity contribution in [1.29, 1.82) is 0 Å². The predicted octanol–water partition coefficient (Wildman–Crippen LogP) is 6.09.